The van der Waals surface area contributed by atoms with Gasteiger partial charge in [0.15, 0.2) is 0 Å². The summed E-state index contributed by atoms with van der Waals surface area (Å²) >= 11 is -0.746. The summed E-state index contributed by atoms with van der Waals surface area (Å²) in [5, 5.41) is 0. The Hall–Kier alpha value is -0.526. The van der Waals surface area contributed by atoms with Crippen LogP contribution in [-0.2, 0) is 20.1 Å². The molecule has 8 heteroatoms. The van der Waals surface area contributed by atoms with Gasteiger partial charge in [-0.15, -0.1) is 0 Å². The number of alkyl halides is 3. The fourth-order valence-electron chi connectivity index (χ4n) is 1.39. The molecule has 0 fully saturated rings. The maximum absolute atomic E-state index is 12.8. The molecule has 0 aliphatic rings. The van der Waals surface area contributed by atoms with Crippen molar-refractivity contribution in [2.24, 2.45) is 0 Å². The normalized spacial score (nSPS) is 12.8. The second kappa shape index (κ2) is 6.08. The van der Waals surface area contributed by atoms with Crippen LogP contribution in [0.4, 0.5) is 13.2 Å². The average Bonchev–Trinajstić information content (AvgIpc) is 2.35. The van der Waals surface area contributed by atoms with Crippen LogP contribution in [0.25, 0.3) is 0 Å². The molecule has 0 radical (unpaired) electrons. The Kier molecular flexibility index (Phi) is 5.25. The molecule has 0 unspecified atom stereocenters. The van der Waals surface area contributed by atoms with Gasteiger partial charge in [-0.25, -0.2) is 0 Å². The van der Waals surface area contributed by atoms with Gasteiger partial charge in [0.05, 0.1) is 0 Å². The van der Waals surface area contributed by atoms with Crippen LogP contribution in [0.15, 0.2) is 24.3 Å². The second-order valence-corrected chi connectivity index (χ2v) is 6.02. The molecular weight excluding hydrogens is 315 g/mol. The molecule has 0 atom stereocenters. The van der Waals surface area contributed by atoms with E-state index in [4.69, 9.17) is 14.0 Å². The van der Waals surface area contributed by atoms with Gasteiger partial charge < -0.3 is 0 Å². The SMILES string of the molecule is CO[B-](OC)(OC)[Se]c1ccccc1C(F)(F)F. The Morgan fingerprint density at radius 2 is 1.50 bits per heavy atom. The number of rotatable bonds is 5. The molecule has 0 saturated heterocycles. The van der Waals surface area contributed by atoms with Crippen molar-refractivity contribution in [1.82, 2.24) is 0 Å². The zero-order chi connectivity index (χ0) is 13.8. The van der Waals surface area contributed by atoms with E-state index in [1.54, 1.807) is 6.07 Å². The van der Waals surface area contributed by atoms with Gasteiger partial charge in [0.2, 0.25) is 0 Å². The monoisotopic (exact) mass is 329 g/mol. The van der Waals surface area contributed by atoms with Gasteiger partial charge in [-0.05, 0) is 0 Å². The Balaban J connectivity index is 3.11. The van der Waals surface area contributed by atoms with Crippen LogP contribution in [0.5, 0.6) is 0 Å². The molecule has 0 aliphatic heterocycles. The predicted octanol–water partition coefficient (Wildman–Crippen LogP) is 1.41. The van der Waals surface area contributed by atoms with Crippen LogP contribution in [0.2, 0.25) is 0 Å². The van der Waals surface area contributed by atoms with Crippen molar-refractivity contribution in [2.75, 3.05) is 21.3 Å². The van der Waals surface area contributed by atoms with Crippen molar-refractivity contribution in [2.45, 2.75) is 6.18 Å². The Morgan fingerprint density at radius 3 is 1.94 bits per heavy atom. The van der Waals surface area contributed by atoms with Crippen molar-refractivity contribution < 1.29 is 27.1 Å². The number of hydrogen-bond donors (Lipinski definition) is 0. The Morgan fingerprint density at radius 1 is 1.00 bits per heavy atom. The molecule has 1 aromatic rings. The van der Waals surface area contributed by atoms with E-state index in [1.807, 2.05) is 0 Å². The maximum atomic E-state index is 12.8. The molecule has 3 nitrogen and oxygen atoms in total. The minimum absolute atomic E-state index is 0.142. The molecular formula is C10H13BF3O3Se-. The first kappa shape index (κ1) is 15.5. The summed E-state index contributed by atoms with van der Waals surface area (Å²) in [5.41, 5.74) is -2.83. The zero-order valence-corrected chi connectivity index (χ0v) is 11.9. The van der Waals surface area contributed by atoms with Crippen LogP contribution in [-0.4, -0.2) is 41.7 Å². The van der Waals surface area contributed by atoms with Crippen LogP contribution in [0, 0.1) is 0 Å². The second-order valence-electron chi connectivity index (χ2n) is 3.40. The Labute approximate surface area is 110 Å². The van der Waals surface area contributed by atoms with Gasteiger partial charge in [-0.3, -0.25) is 0 Å². The van der Waals surface area contributed by atoms with E-state index in [-0.39, 0.29) is 4.46 Å². The quantitative estimate of drug-likeness (QED) is 0.765. The number of hydrogen-bond acceptors (Lipinski definition) is 3. The summed E-state index contributed by atoms with van der Waals surface area (Å²) < 4.78 is 53.9. The first-order valence-corrected chi connectivity index (χ1v) is 6.86. The predicted molar refractivity (Wildman–Crippen MR) is 63.6 cm³/mol. The summed E-state index contributed by atoms with van der Waals surface area (Å²) in [6.45, 7) is 0. The third-order valence-corrected chi connectivity index (χ3v) is 5.43. The van der Waals surface area contributed by atoms with Crippen molar-refractivity contribution in [3.05, 3.63) is 29.8 Å². The van der Waals surface area contributed by atoms with Gasteiger partial charge in [0, 0.05) is 0 Å². The summed E-state index contributed by atoms with van der Waals surface area (Å²) in [6.07, 6.45) is -4.39. The van der Waals surface area contributed by atoms with Crippen LogP contribution < -0.4 is 4.46 Å². The summed E-state index contributed by atoms with van der Waals surface area (Å²) in [7, 11) is 4.06. The summed E-state index contributed by atoms with van der Waals surface area (Å²) in [4.78, 5) is 0. The van der Waals surface area contributed by atoms with Crippen molar-refractivity contribution in [3.8, 4) is 0 Å². The van der Waals surface area contributed by atoms with Crippen molar-refractivity contribution in [1.29, 1.82) is 0 Å². The molecule has 0 heterocycles. The van der Waals surface area contributed by atoms with E-state index in [1.165, 1.54) is 33.5 Å². The molecule has 0 aliphatic carbocycles. The van der Waals surface area contributed by atoms with Gasteiger partial charge in [0.1, 0.15) is 0 Å². The van der Waals surface area contributed by atoms with Gasteiger partial charge in [-0.2, -0.15) is 0 Å². The first-order chi connectivity index (χ1) is 8.38. The van der Waals surface area contributed by atoms with E-state index >= 15 is 0 Å². The van der Waals surface area contributed by atoms with Gasteiger partial charge in [0.25, 0.3) is 0 Å². The standard InChI is InChI=1S/C10H13BF3O3Se/c1-15-11(16-2,17-3)18-9-7-5-4-6-8(9)10(12,13)14/h4-7H,1-3H3/q-1. The van der Waals surface area contributed by atoms with Gasteiger partial charge in [-0.1, -0.05) is 0 Å². The van der Waals surface area contributed by atoms with Crippen LogP contribution in [0.1, 0.15) is 5.56 Å². The molecule has 0 bridgehead atoms. The molecule has 102 valence electrons. The van der Waals surface area contributed by atoms with Crippen molar-refractivity contribution >= 4 is 24.8 Å². The van der Waals surface area contributed by atoms with E-state index in [9.17, 15) is 13.2 Å². The van der Waals surface area contributed by atoms with Crippen LogP contribution >= 0.6 is 0 Å². The molecule has 0 spiro atoms. The third kappa shape index (κ3) is 3.49. The topological polar surface area (TPSA) is 27.7 Å². The molecule has 1 aromatic carbocycles. The fourth-order valence-corrected chi connectivity index (χ4v) is 3.63. The molecule has 0 amide bonds. The van der Waals surface area contributed by atoms with Gasteiger partial charge >= 0.3 is 109 Å². The minimum atomic E-state index is -4.39. The fraction of sp³-hybridized carbons (Fsp3) is 0.400. The van der Waals surface area contributed by atoms with E-state index in [0.29, 0.717) is 0 Å². The van der Waals surface area contributed by atoms with E-state index < -0.39 is 32.1 Å². The first-order valence-electron chi connectivity index (χ1n) is 5.02. The Bertz CT molecular complexity index is 388. The third-order valence-electron chi connectivity index (χ3n) is 2.33. The molecule has 0 N–H and O–H groups in total. The molecule has 18 heavy (non-hydrogen) atoms. The van der Waals surface area contributed by atoms with E-state index in [2.05, 4.69) is 0 Å². The molecule has 0 saturated carbocycles. The summed E-state index contributed by atoms with van der Waals surface area (Å²) in [6, 6.07) is 5.35. The average molecular weight is 328 g/mol. The number of benzene rings is 1. The molecule has 1 rings (SSSR count). The number of halogens is 3. The van der Waals surface area contributed by atoms with Crippen molar-refractivity contribution in [3.63, 3.8) is 0 Å². The molecule has 0 aromatic heterocycles. The summed E-state index contributed by atoms with van der Waals surface area (Å²) in [5.74, 6) is 0. The van der Waals surface area contributed by atoms with E-state index in [0.717, 1.165) is 6.07 Å². The van der Waals surface area contributed by atoms with Crippen LogP contribution in [0.3, 0.4) is 0 Å². The zero-order valence-electron chi connectivity index (χ0n) is 10.2.